The topological polar surface area (TPSA) is 72.2 Å². The Hall–Kier alpha value is -1.31. The molecule has 0 fully saturated rings. The summed E-state index contributed by atoms with van der Waals surface area (Å²) in [5.41, 5.74) is 6.32. The van der Waals surface area contributed by atoms with E-state index in [0.29, 0.717) is 10.2 Å². The highest BCUT2D eigenvalue weighted by Gasteiger charge is 2.20. The van der Waals surface area contributed by atoms with E-state index in [9.17, 15) is 12.8 Å². The Morgan fingerprint density at radius 2 is 1.90 bits per heavy atom. The Morgan fingerprint density at radius 1 is 1.20 bits per heavy atom. The van der Waals surface area contributed by atoms with Gasteiger partial charge in [0.1, 0.15) is 10.7 Å². The van der Waals surface area contributed by atoms with Gasteiger partial charge in [0.05, 0.1) is 10.7 Å². The van der Waals surface area contributed by atoms with Gasteiger partial charge in [-0.15, -0.1) is 0 Å². The van der Waals surface area contributed by atoms with Crippen LogP contribution in [-0.2, 0) is 10.0 Å². The van der Waals surface area contributed by atoms with Crippen molar-refractivity contribution >= 4 is 48.9 Å². The average molecular weight is 380 g/mol. The van der Waals surface area contributed by atoms with E-state index in [4.69, 9.17) is 17.3 Å². The van der Waals surface area contributed by atoms with Gasteiger partial charge in [-0.05, 0) is 52.3 Å². The number of sulfonamides is 1. The van der Waals surface area contributed by atoms with Crippen LogP contribution >= 0.6 is 27.5 Å². The van der Waals surface area contributed by atoms with E-state index in [1.807, 2.05) is 0 Å². The molecule has 4 nitrogen and oxygen atoms in total. The zero-order valence-corrected chi connectivity index (χ0v) is 13.1. The molecule has 2 rings (SSSR count). The van der Waals surface area contributed by atoms with Crippen LogP contribution in [0.25, 0.3) is 0 Å². The number of benzene rings is 2. The van der Waals surface area contributed by atoms with Crippen molar-refractivity contribution < 1.29 is 12.8 Å². The summed E-state index contributed by atoms with van der Waals surface area (Å²) in [4.78, 5) is -0.331. The molecule has 0 atom stereocenters. The van der Waals surface area contributed by atoms with Crippen LogP contribution in [0.5, 0.6) is 0 Å². The first-order valence-corrected chi connectivity index (χ1v) is 7.98. The van der Waals surface area contributed by atoms with Crippen molar-refractivity contribution in [1.29, 1.82) is 0 Å². The van der Waals surface area contributed by atoms with E-state index in [2.05, 4.69) is 20.7 Å². The maximum Gasteiger partial charge on any atom is 0.263 e. The minimum atomic E-state index is -3.99. The second kappa shape index (κ2) is 5.59. The zero-order chi connectivity index (χ0) is 14.9. The first-order chi connectivity index (χ1) is 9.29. The summed E-state index contributed by atoms with van der Waals surface area (Å²) < 4.78 is 40.3. The molecule has 0 aliphatic heterocycles. The number of anilines is 2. The number of hydrogen-bond acceptors (Lipinski definition) is 3. The molecule has 0 bridgehead atoms. The molecule has 0 aliphatic rings. The molecule has 3 N–H and O–H groups in total. The molecule has 0 saturated carbocycles. The molecule has 2 aromatic carbocycles. The Bertz CT molecular complexity index is 768. The summed E-state index contributed by atoms with van der Waals surface area (Å²) in [5, 5.41) is -0.0644. The lowest BCUT2D eigenvalue weighted by atomic mass is 10.3. The van der Waals surface area contributed by atoms with Crippen LogP contribution in [0.3, 0.4) is 0 Å². The lowest BCUT2D eigenvalue weighted by Crippen LogP contribution is -2.14. The van der Waals surface area contributed by atoms with Gasteiger partial charge in [-0.3, -0.25) is 4.72 Å². The van der Waals surface area contributed by atoms with Crippen molar-refractivity contribution in [2.75, 3.05) is 10.5 Å². The lowest BCUT2D eigenvalue weighted by molar-refractivity contribution is 0.595. The van der Waals surface area contributed by atoms with Gasteiger partial charge in [-0.2, -0.15) is 0 Å². The molecular weight excluding hydrogens is 371 g/mol. The van der Waals surface area contributed by atoms with Crippen LogP contribution < -0.4 is 10.5 Å². The summed E-state index contributed by atoms with van der Waals surface area (Å²) in [6.45, 7) is 0. The van der Waals surface area contributed by atoms with Crippen LogP contribution in [0.1, 0.15) is 0 Å². The predicted octanol–water partition coefficient (Wildman–Crippen LogP) is 3.62. The van der Waals surface area contributed by atoms with Gasteiger partial charge >= 0.3 is 0 Å². The van der Waals surface area contributed by atoms with Crippen LogP contribution in [0, 0.1) is 5.82 Å². The molecule has 0 spiro atoms. The normalized spacial score (nSPS) is 11.3. The Kier molecular flexibility index (Phi) is 4.22. The minimum Gasteiger partial charge on any atom is -0.399 e. The zero-order valence-electron chi connectivity index (χ0n) is 9.90. The summed E-state index contributed by atoms with van der Waals surface area (Å²) in [7, 11) is -3.99. The van der Waals surface area contributed by atoms with E-state index >= 15 is 0 Å². The summed E-state index contributed by atoms with van der Waals surface area (Å²) >= 11 is 8.99. The molecule has 0 heterocycles. The molecule has 0 amide bonds. The molecule has 0 radical (unpaired) electrons. The van der Waals surface area contributed by atoms with Gasteiger partial charge in [-0.25, -0.2) is 12.8 Å². The van der Waals surface area contributed by atoms with E-state index in [0.717, 1.165) is 12.1 Å². The highest BCUT2D eigenvalue weighted by Crippen LogP contribution is 2.29. The van der Waals surface area contributed by atoms with Gasteiger partial charge in [0, 0.05) is 10.2 Å². The fraction of sp³-hybridized carbons (Fsp3) is 0. The third-order valence-electron chi connectivity index (χ3n) is 2.42. The van der Waals surface area contributed by atoms with Gasteiger partial charge in [0.25, 0.3) is 10.0 Å². The maximum absolute atomic E-state index is 13.2. The molecule has 8 heteroatoms. The molecule has 0 aliphatic carbocycles. The fourth-order valence-electron chi connectivity index (χ4n) is 1.50. The van der Waals surface area contributed by atoms with Crippen LogP contribution in [0.15, 0.2) is 45.8 Å². The lowest BCUT2D eigenvalue weighted by Gasteiger charge is -2.11. The van der Waals surface area contributed by atoms with E-state index < -0.39 is 15.8 Å². The third-order valence-corrected chi connectivity index (χ3v) is 4.92. The highest BCUT2D eigenvalue weighted by molar-refractivity contribution is 9.10. The summed E-state index contributed by atoms with van der Waals surface area (Å²) in [5.74, 6) is -0.689. The summed E-state index contributed by atoms with van der Waals surface area (Å²) in [6, 6.07) is 7.70. The minimum absolute atomic E-state index is 0.0644. The van der Waals surface area contributed by atoms with Gasteiger partial charge in [0.2, 0.25) is 0 Å². The molecule has 0 unspecified atom stereocenters. The first-order valence-electron chi connectivity index (χ1n) is 5.32. The smallest absolute Gasteiger partial charge is 0.263 e. The molecule has 0 aromatic heterocycles. The Balaban J connectivity index is 2.43. The SMILES string of the molecule is Nc1ccc(NS(=O)(=O)c2cc(F)ccc2Cl)c(Br)c1. The quantitative estimate of drug-likeness (QED) is 0.800. The van der Waals surface area contributed by atoms with Gasteiger partial charge in [-0.1, -0.05) is 11.6 Å². The Morgan fingerprint density at radius 3 is 2.55 bits per heavy atom. The number of hydrogen-bond donors (Lipinski definition) is 2. The number of halogens is 3. The van der Waals surface area contributed by atoms with Crippen molar-refractivity contribution in [3.63, 3.8) is 0 Å². The largest absolute Gasteiger partial charge is 0.399 e. The van der Waals surface area contributed by atoms with E-state index in [1.54, 1.807) is 6.07 Å². The van der Waals surface area contributed by atoms with Crippen molar-refractivity contribution in [3.8, 4) is 0 Å². The maximum atomic E-state index is 13.2. The monoisotopic (exact) mass is 378 g/mol. The van der Waals surface area contributed by atoms with Crippen LogP contribution in [0.4, 0.5) is 15.8 Å². The average Bonchev–Trinajstić information content (AvgIpc) is 2.35. The number of nitrogen functional groups attached to an aromatic ring is 1. The second-order valence-electron chi connectivity index (χ2n) is 3.92. The Labute approximate surface area is 128 Å². The fourth-order valence-corrected chi connectivity index (χ4v) is 3.72. The molecule has 20 heavy (non-hydrogen) atoms. The molecular formula is C12H9BrClFN2O2S. The standard InChI is InChI=1S/C12H9BrClFN2O2S/c13-9-6-8(16)2-4-11(9)17-20(18,19)12-5-7(15)1-3-10(12)14/h1-6,17H,16H2. The second-order valence-corrected chi connectivity index (χ2v) is 6.83. The molecule has 106 valence electrons. The summed E-state index contributed by atoms with van der Waals surface area (Å²) in [6.07, 6.45) is 0. The van der Waals surface area contributed by atoms with Crippen molar-refractivity contribution in [3.05, 3.63) is 51.7 Å². The van der Waals surface area contributed by atoms with E-state index in [1.165, 1.54) is 18.2 Å². The molecule has 2 aromatic rings. The van der Waals surface area contributed by atoms with Crippen molar-refractivity contribution in [2.45, 2.75) is 4.90 Å². The van der Waals surface area contributed by atoms with Gasteiger partial charge < -0.3 is 5.73 Å². The van der Waals surface area contributed by atoms with Crippen molar-refractivity contribution in [1.82, 2.24) is 0 Å². The molecule has 0 saturated heterocycles. The predicted molar refractivity (Wildman–Crippen MR) is 80.8 cm³/mol. The number of rotatable bonds is 3. The van der Waals surface area contributed by atoms with Crippen LogP contribution in [0.2, 0.25) is 5.02 Å². The van der Waals surface area contributed by atoms with Crippen LogP contribution in [-0.4, -0.2) is 8.42 Å². The third kappa shape index (κ3) is 3.23. The first kappa shape index (κ1) is 15.1. The van der Waals surface area contributed by atoms with Crippen molar-refractivity contribution in [2.24, 2.45) is 0 Å². The van der Waals surface area contributed by atoms with E-state index in [-0.39, 0.29) is 15.6 Å². The number of nitrogens with one attached hydrogen (secondary N) is 1. The highest BCUT2D eigenvalue weighted by atomic mass is 79.9. The number of nitrogens with two attached hydrogens (primary N) is 1. The van der Waals surface area contributed by atoms with Gasteiger partial charge in [0.15, 0.2) is 0 Å².